The Hall–Kier alpha value is -3.10. The summed E-state index contributed by atoms with van der Waals surface area (Å²) in [4.78, 5) is 8.13. The number of alkyl halides is 3. The van der Waals surface area contributed by atoms with Crippen molar-refractivity contribution in [3.05, 3.63) is 60.2 Å². The van der Waals surface area contributed by atoms with Gasteiger partial charge in [0.25, 0.3) is 0 Å². The molecule has 0 aliphatic carbocycles. The van der Waals surface area contributed by atoms with Crippen LogP contribution in [-0.2, 0) is 26.0 Å². The second-order valence-electron chi connectivity index (χ2n) is 7.51. The van der Waals surface area contributed by atoms with Crippen molar-refractivity contribution in [2.75, 3.05) is 23.1 Å². The Bertz CT molecular complexity index is 1480. The summed E-state index contributed by atoms with van der Waals surface area (Å²) < 4.78 is 103. The molecule has 1 aliphatic rings. The Morgan fingerprint density at radius 2 is 1.68 bits per heavy atom. The van der Waals surface area contributed by atoms with Gasteiger partial charge in [0.05, 0.1) is 21.9 Å². The van der Waals surface area contributed by atoms with E-state index in [1.165, 1.54) is 30.3 Å². The van der Waals surface area contributed by atoms with E-state index >= 15 is 0 Å². The zero-order chi connectivity index (χ0) is 24.9. The topological polar surface area (TPSA) is 123 Å². The van der Waals surface area contributed by atoms with Crippen molar-refractivity contribution < 1.29 is 34.4 Å². The molecule has 0 bridgehead atoms. The molecule has 4 rings (SSSR count). The number of hydrogen-bond acceptors (Lipinski definition) is 7. The monoisotopic (exact) mass is 516 g/mol. The molecule has 0 amide bonds. The van der Waals surface area contributed by atoms with Crippen LogP contribution in [0.1, 0.15) is 5.82 Å². The lowest BCUT2D eigenvalue weighted by Gasteiger charge is -2.23. The molecule has 1 fully saturated rings. The first-order valence-corrected chi connectivity index (χ1v) is 13.0. The first-order valence-electron chi connectivity index (χ1n) is 9.58. The normalized spacial score (nSPS) is 16.1. The summed E-state index contributed by atoms with van der Waals surface area (Å²) in [6, 6.07) is 9.51. The lowest BCUT2D eigenvalue weighted by Crippen LogP contribution is -2.25. The fourth-order valence-corrected chi connectivity index (χ4v) is 5.41. The van der Waals surface area contributed by atoms with Gasteiger partial charge in [-0.15, -0.1) is 0 Å². The zero-order valence-electron chi connectivity index (χ0n) is 17.1. The summed E-state index contributed by atoms with van der Waals surface area (Å²) in [6.45, 7) is -0.138. The molecular weight excluding hydrogens is 500 g/mol. The number of benzene rings is 2. The van der Waals surface area contributed by atoms with Crippen LogP contribution >= 0.6 is 0 Å². The van der Waals surface area contributed by atoms with Crippen LogP contribution in [0.25, 0.3) is 22.4 Å². The third-order valence-corrected chi connectivity index (χ3v) is 7.46. The maximum atomic E-state index is 13.7. The average Bonchev–Trinajstić information content (AvgIpc) is 3.12. The largest absolute Gasteiger partial charge is 0.451 e. The molecule has 0 spiro atoms. The Morgan fingerprint density at radius 3 is 2.24 bits per heavy atom. The van der Waals surface area contributed by atoms with E-state index in [2.05, 4.69) is 9.97 Å². The molecule has 0 radical (unpaired) electrons. The van der Waals surface area contributed by atoms with Crippen molar-refractivity contribution >= 4 is 25.7 Å². The highest BCUT2D eigenvalue weighted by atomic mass is 32.2. The number of sulfonamides is 1. The van der Waals surface area contributed by atoms with Crippen LogP contribution in [-0.4, -0.2) is 45.0 Å². The first-order chi connectivity index (χ1) is 15.7. The maximum Gasteiger partial charge on any atom is 0.451 e. The molecule has 14 heteroatoms. The van der Waals surface area contributed by atoms with Crippen LogP contribution in [0.3, 0.4) is 0 Å². The number of anilines is 1. The van der Waals surface area contributed by atoms with Crippen LogP contribution in [0.4, 0.5) is 23.4 Å². The number of primary sulfonamides is 1. The van der Waals surface area contributed by atoms with Gasteiger partial charge in [-0.1, -0.05) is 12.1 Å². The number of nitrogens with zero attached hydrogens (tertiary/aromatic N) is 3. The van der Waals surface area contributed by atoms with Crippen molar-refractivity contribution in [1.29, 1.82) is 0 Å². The summed E-state index contributed by atoms with van der Waals surface area (Å²) in [5.74, 6) is -3.42. The fraction of sp³-hybridized carbons (Fsp3) is 0.200. The standard InChI is InChI=1S/C20H16F4N4O4S2/c21-14-6-4-12(5-7-14)17-16(13-2-1-3-15(10-13)34(25,31)32)18(27-19(26-17)20(22,23)24)28-8-9-33(29,30)11-28/h1-7,10H,8-9,11H2,(H2,25,31,32). The molecule has 0 unspecified atom stereocenters. The zero-order valence-corrected chi connectivity index (χ0v) is 18.8. The third kappa shape index (κ3) is 4.88. The first kappa shape index (κ1) is 24.0. The SMILES string of the molecule is NS(=O)(=O)c1cccc(-c2c(-c3ccc(F)cc3)nc(C(F)(F)F)nc2N2CCS(=O)(=O)C2)c1. The second kappa shape index (κ2) is 8.29. The molecule has 8 nitrogen and oxygen atoms in total. The van der Waals surface area contributed by atoms with E-state index in [0.717, 1.165) is 23.1 Å². The minimum absolute atomic E-state index is 0.0535. The molecule has 2 aromatic carbocycles. The van der Waals surface area contributed by atoms with Gasteiger partial charge in [-0.3, -0.25) is 0 Å². The molecule has 180 valence electrons. The summed E-state index contributed by atoms with van der Waals surface area (Å²) in [5.41, 5.74) is -0.178. The van der Waals surface area contributed by atoms with Gasteiger partial charge in [-0.2, -0.15) is 13.2 Å². The molecule has 2 N–H and O–H groups in total. The molecule has 1 aromatic heterocycles. The molecule has 1 saturated heterocycles. The Morgan fingerprint density at radius 1 is 1.00 bits per heavy atom. The van der Waals surface area contributed by atoms with Gasteiger partial charge in [-0.05, 0) is 42.0 Å². The molecule has 0 atom stereocenters. The number of aromatic nitrogens is 2. The van der Waals surface area contributed by atoms with E-state index in [1.54, 1.807) is 0 Å². The number of rotatable bonds is 4. The molecular formula is C20H16F4N4O4S2. The van der Waals surface area contributed by atoms with Crippen molar-refractivity contribution in [3.63, 3.8) is 0 Å². The van der Waals surface area contributed by atoms with Gasteiger partial charge < -0.3 is 4.90 Å². The van der Waals surface area contributed by atoms with Gasteiger partial charge in [0.2, 0.25) is 15.8 Å². The minimum atomic E-state index is -4.98. The maximum absolute atomic E-state index is 13.7. The number of sulfone groups is 1. The molecule has 1 aliphatic heterocycles. The van der Waals surface area contributed by atoms with Crippen LogP contribution in [0.5, 0.6) is 0 Å². The lowest BCUT2D eigenvalue weighted by atomic mass is 9.99. The number of nitrogens with two attached hydrogens (primary N) is 1. The van der Waals surface area contributed by atoms with Gasteiger partial charge >= 0.3 is 6.18 Å². The highest BCUT2D eigenvalue weighted by Crippen LogP contribution is 2.41. The van der Waals surface area contributed by atoms with Crippen molar-refractivity contribution in [3.8, 4) is 22.4 Å². The van der Waals surface area contributed by atoms with Crippen LogP contribution < -0.4 is 10.0 Å². The van der Waals surface area contributed by atoms with Crippen molar-refractivity contribution in [2.45, 2.75) is 11.1 Å². The van der Waals surface area contributed by atoms with Gasteiger partial charge in [0.15, 0.2) is 9.84 Å². The smallest absolute Gasteiger partial charge is 0.341 e. The van der Waals surface area contributed by atoms with Gasteiger partial charge in [0.1, 0.15) is 17.5 Å². The van der Waals surface area contributed by atoms with Crippen LogP contribution in [0.15, 0.2) is 53.4 Å². The number of hydrogen-bond donors (Lipinski definition) is 1. The van der Waals surface area contributed by atoms with E-state index in [9.17, 15) is 34.4 Å². The molecule has 0 saturated carbocycles. The third-order valence-electron chi connectivity index (χ3n) is 5.04. The summed E-state index contributed by atoms with van der Waals surface area (Å²) in [5, 5.41) is 5.21. The van der Waals surface area contributed by atoms with E-state index in [-0.39, 0.29) is 45.4 Å². The highest BCUT2D eigenvalue weighted by molar-refractivity contribution is 7.91. The summed E-state index contributed by atoms with van der Waals surface area (Å²) in [7, 11) is -7.76. The van der Waals surface area contributed by atoms with Gasteiger partial charge in [-0.25, -0.2) is 36.3 Å². The Labute approximate surface area is 192 Å². The highest BCUT2D eigenvalue weighted by Gasteiger charge is 2.39. The van der Waals surface area contributed by atoms with E-state index in [1.807, 2.05) is 0 Å². The number of halogens is 4. The minimum Gasteiger partial charge on any atom is -0.341 e. The molecule has 34 heavy (non-hydrogen) atoms. The summed E-state index contributed by atoms with van der Waals surface area (Å²) in [6.07, 6.45) is -4.98. The van der Waals surface area contributed by atoms with E-state index in [4.69, 9.17) is 5.14 Å². The van der Waals surface area contributed by atoms with Crippen LogP contribution in [0, 0.1) is 5.82 Å². The second-order valence-corrected chi connectivity index (χ2v) is 11.2. The van der Waals surface area contributed by atoms with Crippen LogP contribution in [0.2, 0.25) is 0 Å². The molecule has 3 aromatic rings. The Balaban J connectivity index is 2.09. The fourth-order valence-electron chi connectivity index (χ4n) is 3.50. The van der Waals surface area contributed by atoms with E-state index in [0.29, 0.717) is 0 Å². The predicted molar refractivity (Wildman–Crippen MR) is 115 cm³/mol. The quantitative estimate of drug-likeness (QED) is 0.529. The predicted octanol–water partition coefficient (Wildman–Crippen LogP) is 2.81. The van der Waals surface area contributed by atoms with E-state index < -0.39 is 43.6 Å². The van der Waals surface area contributed by atoms with Crippen molar-refractivity contribution in [2.24, 2.45) is 5.14 Å². The Kier molecular flexibility index (Phi) is 5.86. The lowest BCUT2D eigenvalue weighted by molar-refractivity contribution is -0.144. The van der Waals surface area contributed by atoms with Crippen molar-refractivity contribution in [1.82, 2.24) is 9.97 Å². The summed E-state index contributed by atoms with van der Waals surface area (Å²) >= 11 is 0. The van der Waals surface area contributed by atoms with Gasteiger partial charge in [0, 0.05) is 12.1 Å². The average molecular weight is 516 g/mol. The molecule has 2 heterocycles.